The summed E-state index contributed by atoms with van der Waals surface area (Å²) in [4.78, 5) is 27.7. The summed E-state index contributed by atoms with van der Waals surface area (Å²) in [6.07, 6.45) is 0. The van der Waals surface area contributed by atoms with Gasteiger partial charge in [-0.2, -0.15) is 0 Å². The number of aromatic nitrogens is 4. The van der Waals surface area contributed by atoms with Gasteiger partial charge in [0, 0.05) is 0 Å². The molecule has 2 N–H and O–H groups in total. The van der Waals surface area contributed by atoms with Crippen LogP contribution < -0.4 is 10.9 Å². The van der Waals surface area contributed by atoms with Crippen molar-refractivity contribution in [1.29, 1.82) is 0 Å². The smallest absolute Gasteiger partial charge is 0.277 e. The van der Waals surface area contributed by atoms with E-state index in [-0.39, 0.29) is 23.1 Å². The molecule has 4 rings (SSSR count). The number of carbonyl (C=O) groups excluding carboxylic acids is 1. The molecule has 8 heteroatoms. The van der Waals surface area contributed by atoms with Gasteiger partial charge in [0.05, 0.1) is 17.1 Å². The van der Waals surface area contributed by atoms with Gasteiger partial charge in [0.1, 0.15) is 5.82 Å². The third-order valence-electron chi connectivity index (χ3n) is 4.20. The number of benzene rings is 2. The standard InChI is InChI=1S/C18H14FN5O2/c1-10(11-6-8-12(19)9-7-11)20-17(25)15-16-18(26)21-13-4-2-3-5-14(13)24(16)23-22-15/h2-10H,1H3,(H,20,25)(H,21,26)/t10-/m1/s1. The van der Waals surface area contributed by atoms with Crippen molar-refractivity contribution in [3.8, 4) is 0 Å². The number of H-pyrrole nitrogens is 1. The van der Waals surface area contributed by atoms with E-state index in [1.165, 1.54) is 16.6 Å². The molecule has 0 unspecified atom stereocenters. The summed E-state index contributed by atoms with van der Waals surface area (Å²) in [7, 11) is 0. The Balaban J connectivity index is 1.72. The molecule has 0 aliphatic heterocycles. The Labute approximate surface area is 146 Å². The SMILES string of the molecule is C[C@@H](NC(=O)c1nnn2c1c(=O)[nH]c1ccccc12)c1ccc(F)cc1. The number of fused-ring (bicyclic) bond motifs is 3. The maximum Gasteiger partial charge on any atom is 0.277 e. The average Bonchev–Trinajstić information content (AvgIpc) is 3.08. The van der Waals surface area contributed by atoms with Gasteiger partial charge in [0.25, 0.3) is 11.5 Å². The zero-order valence-electron chi connectivity index (χ0n) is 13.7. The molecule has 2 aromatic carbocycles. The van der Waals surface area contributed by atoms with Gasteiger partial charge in [0.2, 0.25) is 0 Å². The van der Waals surface area contributed by atoms with Crippen molar-refractivity contribution in [2.45, 2.75) is 13.0 Å². The number of para-hydroxylation sites is 2. The molecule has 0 aliphatic rings. The largest absolute Gasteiger partial charge is 0.344 e. The molecule has 0 bridgehead atoms. The van der Waals surface area contributed by atoms with E-state index in [2.05, 4.69) is 20.6 Å². The lowest BCUT2D eigenvalue weighted by atomic mass is 10.1. The summed E-state index contributed by atoms with van der Waals surface area (Å²) in [5.41, 5.74) is 1.53. The minimum absolute atomic E-state index is 0.0639. The second kappa shape index (κ2) is 6.07. The molecule has 7 nitrogen and oxygen atoms in total. The molecule has 0 saturated heterocycles. The fourth-order valence-electron chi connectivity index (χ4n) is 2.85. The molecule has 4 aromatic rings. The number of aromatic amines is 1. The molecule has 26 heavy (non-hydrogen) atoms. The Morgan fingerprint density at radius 2 is 1.92 bits per heavy atom. The van der Waals surface area contributed by atoms with Gasteiger partial charge in [-0.1, -0.05) is 29.5 Å². The fraction of sp³-hybridized carbons (Fsp3) is 0.111. The van der Waals surface area contributed by atoms with Gasteiger partial charge in [0.15, 0.2) is 11.2 Å². The lowest BCUT2D eigenvalue weighted by Gasteiger charge is -2.13. The van der Waals surface area contributed by atoms with E-state index in [0.29, 0.717) is 11.0 Å². The highest BCUT2D eigenvalue weighted by molar-refractivity contribution is 5.99. The molecule has 0 spiro atoms. The van der Waals surface area contributed by atoms with Crippen LogP contribution in [0.5, 0.6) is 0 Å². The third-order valence-corrected chi connectivity index (χ3v) is 4.20. The summed E-state index contributed by atoms with van der Waals surface area (Å²) in [5, 5.41) is 10.6. The lowest BCUT2D eigenvalue weighted by molar-refractivity contribution is 0.0936. The molecular formula is C18H14FN5O2. The first-order chi connectivity index (χ1) is 12.5. The quantitative estimate of drug-likeness (QED) is 0.592. The average molecular weight is 351 g/mol. The topological polar surface area (TPSA) is 92.2 Å². The predicted molar refractivity (Wildman–Crippen MR) is 93.4 cm³/mol. The lowest BCUT2D eigenvalue weighted by Crippen LogP contribution is -2.28. The molecule has 2 heterocycles. The van der Waals surface area contributed by atoms with Crippen LogP contribution in [0.3, 0.4) is 0 Å². The van der Waals surface area contributed by atoms with E-state index >= 15 is 0 Å². The maximum absolute atomic E-state index is 13.0. The molecule has 0 fully saturated rings. The minimum Gasteiger partial charge on any atom is -0.344 e. The van der Waals surface area contributed by atoms with Crippen molar-refractivity contribution in [3.05, 3.63) is 76.0 Å². The molecule has 1 amide bonds. The Morgan fingerprint density at radius 1 is 1.19 bits per heavy atom. The van der Waals surface area contributed by atoms with Crippen LogP contribution in [0, 0.1) is 5.82 Å². The summed E-state index contributed by atoms with van der Waals surface area (Å²) >= 11 is 0. The zero-order valence-corrected chi connectivity index (χ0v) is 13.7. The van der Waals surface area contributed by atoms with E-state index in [1.54, 1.807) is 43.3 Å². The van der Waals surface area contributed by atoms with Crippen LogP contribution in [-0.2, 0) is 0 Å². The second-order valence-electron chi connectivity index (χ2n) is 5.92. The predicted octanol–water partition coefficient (Wildman–Crippen LogP) is 2.20. The zero-order chi connectivity index (χ0) is 18.3. The summed E-state index contributed by atoms with van der Waals surface area (Å²) < 4.78 is 14.4. The molecule has 1 atom stereocenters. The van der Waals surface area contributed by atoms with E-state index in [4.69, 9.17) is 0 Å². The van der Waals surface area contributed by atoms with Crippen molar-refractivity contribution < 1.29 is 9.18 Å². The van der Waals surface area contributed by atoms with Crippen molar-refractivity contribution in [2.24, 2.45) is 0 Å². The van der Waals surface area contributed by atoms with Gasteiger partial charge < -0.3 is 10.3 Å². The number of rotatable bonds is 3. The number of halogens is 1. The van der Waals surface area contributed by atoms with Crippen LogP contribution in [0.2, 0.25) is 0 Å². The van der Waals surface area contributed by atoms with Crippen LogP contribution >= 0.6 is 0 Å². The number of hydrogen-bond donors (Lipinski definition) is 2. The van der Waals surface area contributed by atoms with Crippen molar-refractivity contribution in [3.63, 3.8) is 0 Å². The van der Waals surface area contributed by atoms with Crippen molar-refractivity contribution in [2.75, 3.05) is 0 Å². The Kier molecular flexibility index (Phi) is 3.72. The van der Waals surface area contributed by atoms with Crippen LogP contribution in [-0.4, -0.2) is 25.7 Å². The van der Waals surface area contributed by atoms with Gasteiger partial charge in [-0.05, 0) is 36.8 Å². The first-order valence-corrected chi connectivity index (χ1v) is 7.97. The molecule has 0 saturated carbocycles. The highest BCUT2D eigenvalue weighted by atomic mass is 19.1. The van der Waals surface area contributed by atoms with Crippen LogP contribution in [0.1, 0.15) is 29.0 Å². The molecule has 0 aliphatic carbocycles. The van der Waals surface area contributed by atoms with Gasteiger partial charge >= 0.3 is 0 Å². The highest BCUT2D eigenvalue weighted by Crippen LogP contribution is 2.16. The van der Waals surface area contributed by atoms with E-state index in [1.807, 2.05) is 0 Å². The molecular weight excluding hydrogens is 337 g/mol. The fourth-order valence-corrected chi connectivity index (χ4v) is 2.85. The number of carbonyl (C=O) groups is 1. The normalized spacial score (nSPS) is 12.4. The first-order valence-electron chi connectivity index (χ1n) is 7.97. The Morgan fingerprint density at radius 3 is 2.69 bits per heavy atom. The molecule has 2 aromatic heterocycles. The van der Waals surface area contributed by atoms with Crippen molar-refractivity contribution in [1.82, 2.24) is 25.1 Å². The first kappa shape index (κ1) is 15.9. The van der Waals surface area contributed by atoms with E-state index < -0.39 is 11.5 Å². The Hall–Kier alpha value is -3.55. The number of amides is 1. The molecule has 0 radical (unpaired) electrons. The summed E-state index contributed by atoms with van der Waals surface area (Å²) in [6, 6.07) is 12.5. The van der Waals surface area contributed by atoms with E-state index in [0.717, 1.165) is 5.56 Å². The maximum atomic E-state index is 13.0. The second-order valence-corrected chi connectivity index (χ2v) is 5.92. The highest BCUT2D eigenvalue weighted by Gasteiger charge is 2.21. The Bertz CT molecular complexity index is 1180. The van der Waals surface area contributed by atoms with Crippen LogP contribution in [0.4, 0.5) is 4.39 Å². The summed E-state index contributed by atoms with van der Waals surface area (Å²) in [6.45, 7) is 1.76. The van der Waals surface area contributed by atoms with E-state index in [9.17, 15) is 14.0 Å². The number of nitrogens with one attached hydrogen (secondary N) is 2. The third kappa shape index (κ3) is 2.61. The number of nitrogens with zero attached hydrogens (tertiary/aromatic N) is 3. The van der Waals surface area contributed by atoms with Gasteiger partial charge in [-0.25, -0.2) is 8.91 Å². The van der Waals surface area contributed by atoms with Crippen LogP contribution in [0.25, 0.3) is 16.6 Å². The van der Waals surface area contributed by atoms with Crippen LogP contribution in [0.15, 0.2) is 53.3 Å². The monoisotopic (exact) mass is 351 g/mol. The van der Waals surface area contributed by atoms with Gasteiger partial charge in [-0.15, -0.1) is 5.10 Å². The molecule has 130 valence electrons. The van der Waals surface area contributed by atoms with Crippen molar-refractivity contribution >= 4 is 22.5 Å². The minimum atomic E-state index is -0.530. The number of hydrogen-bond acceptors (Lipinski definition) is 4. The van der Waals surface area contributed by atoms with Gasteiger partial charge in [-0.3, -0.25) is 9.59 Å². The summed E-state index contributed by atoms with van der Waals surface area (Å²) in [5.74, 6) is -0.882.